The minimum atomic E-state index is -0.156. The molecule has 1 aliphatic rings. The molecule has 0 radical (unpaired) electrons. The van der Waals surface area contributed by atoms with Crippen LogP contribution in [0.25, 0.3) is 0 Å². The number of rotatable bonds is 6. The van der Waals surface area contributed by atoms with Gasteiger partial charge in [0.25, 0.3) is 5.91 Å². The van der Waals surface area contributed by atoms with Crippen LogP contribution < -0.4 is 14.8 Å². The molecule has 0 saturated carbocycles. The molecule has 1 aromatic carbocycles. The minimum Gasteiger partial charge on any atom is -0.493 e. The summed E-state index contributed by atoms with van der Waals surface area (Å²) in [6, 6.07) is 7.33. The Kier molecular flexibility index (Phi) is 6.26. The maximum atomic E-state index is 12.0. The number of hydrogen-bond donors (Lipinski definition) is 1. The number of para-hydroxylation sites is 2. The van der Waals surface area contributed by atoms with E-state index < -0.39 is 0 Å². The number of hydrogen-bond acceptors (Lipinski definition) is 4. The van der Waals surface area contributed by atoms with E-state index in [4.69, 9.17) is 9.47 Å². The Morgan fingerprint density at radius 3 is 2.48 bits per heavy atom. The fourth-order valence-electron chi connectivity index (χ4n) is 2.65. The van der Waals surface area contributed by atoms with E-state index in [0.717, 1.165) is 12.8 Å². The molecule has 0 atom stereocenters. The smallest absolute Gasteiger partial charge is 0.258 e. The van der Waals surface area contributed by atoms with E-state index in [2.05, 4.69) is 5.32 Å². The zero-order valence-corrected chi connectivity index (χ0v) is 13.7. The molecule has 1 saturated heterocycles. The average molecular weight is 320 g/mol. The van der Waals surface area contributed by atoms with E-state index in [1.807, 2.05) is 24.0 Å². The maximum Gasteiger partial charge on any atom is 0.258 e. The molecule has 0 unspecified atom stereocenters. The topological polar surface area (TPSA) is 67.9 Å². The van der Waals surface area contributed by atoms with E-state index >= 15 is 0 Å². The van der Waals surface area contributed by atoms with Gasteiger partial charge in [0, 0.05) is 25.6 Å². The summed E-state index contributed by atoms with van der Waals surface area (Å²) in [4.78, 5) is 25.5. The molecule has 1 heterocycles. The lowest BCUT2D eigenvalue weighted by Gasteiger charge is -2.32. The molecule has 23 heavy (non-hydrogen) atoms. The Morgan fingerprint density at radius 2 is 1.87 bits per heavy atom. The minimum absolute atomic E-state index is 0.0471. The second-order valence-electron chi connectivity index (χ2n) is 5.52. The van der Waals surface area contributed by atoms with Gasteiger partial charge in [0.1, 0.15) is 0 Å². The number of ether oxygens (including phenoxy) is 2. The molecule has 1 fully saturated rings. The van der Waals surface area contributed by atoms with E-state index in [1.165, 1.54) is 0 Å². The quantitative estimate of drug-likeness (QED) is 0.864. The number of nitrogens with one attached hydrogen (secondary N) is 1. The van der Waals surface area contributed by atoms with Crippen LogP contribution >= 0.6 is 0 Å². The number of likely N-dealkylation sites (tertiary alicyclic amines) is 1. The van der Waals surface area contributed by atoms with E-state index in [1.54, 1.807) is 19.2 Å². The number of carbonyl (C=O) groups is 2. The van der Waals surface area contributed by atoms with Crippen molar-refractivity contribution in [2.24, 2.45) is 0 Å². The van der Waals surface area contributed by atoms with Crippen molar-refractivity contribution < 1.29 is 19.1 Å². The van der Waals surface area contributed by atoms with E-state index in [0.29, 0.717) is 31.0 Å². The summed E-state index contributed by atoms with van der Waals surface area (Å²) in [7, 11) is 1.56. The third-order valence-electron chi connectivity index (χ3n) is 3.94. The maximum absolute atomic E-state index is 12.0. The van der Waals surface area contributed by atoms with Gasteiger partial charge in [0.15, 0.2) is 18.1 Å². The first kappa shape index (κ1) is 17.1. The first-order valence-electron chi connectivity index (χ1n) is 7.97. The van der Waals surface area contributed by atoms with Crippen molar-refractivity contribution in [3.05, 3.63) is 24.3 Å². The lowest BCUT2D eigenvalue weighted by atomic mass is 10.0. The molecule has 1 aromatic rings. The molecule has 2 rings (SSSR count). The first-order valence-corrected chi connectivity index (χ1v) is 7.97. The van der Waals surface area contributed by atoms with Crippen molar-refractivity contribution in [1.82, 2.24) is 10.2 Å². The zero-order valence-electron chi connectivity index (χ0n) is 13.7. The molecule has 0 bridgehead atoms. The van der Waals surface area contributed by atoms with Gasteiger partial charge in [-0.15, -0.1) is 0 Å². The number of benzene rings is 1. The van der Waals surface area contributed by atoms with Gasteiger partial charge in [-0.2, -0.15) is 0 Å². The van der Waals surface area contributed by atoms with Crippen molar-refractivity contribution in [1.29, 1.82) is 0 Å². The van der Waals surface area contributed by atoms with Crippen LogP contribution in [-0.4, -0.2) is 49.6 Å². The average Bonchev–Trinajstić information content (AvgIpc) is 2.60. The molecule has 126 valence electrons. The van der Waals surface area contributed by atoms with Gasteiger partial charge in [-0.1, -0.05) is 19.1 Å². The predicted octanol–water partition coefficient (Wildman–Crippen LogP) is 1.59. The molecular weight excluding hydrogens is 296 g/mol. The van der Waals surface area contributed by atoms with Gasteiger partial charge in [0.2, 0.25) is 5.91 Å². The molecule has 0 aliphatic carbocycles. The summed E-state index contributed by atoms with van der Waals surface area (Å²) in [6.45, 7) is 3.22. The second kappa shape index (κ2) is 8.41. The number of methoxy groups -OCH3 is 1. The summed E-state index contributed by atoms with van der Waals surface area (Å²) in [5, 5.41) is 2.96. The Bertz CT molecular complexity index is 539. The predicted molar refractivity (Wildman–Crippen MR) is 86.5 cm³/mol. The van der Waals surface area contributed by atoms with Crippen LogP contribution in [0.2, 0.25) is 0 Å². The molecule has 6 nitrogen and oxygen atoms in total. The van der Waals surface area contributed by atoms with Crippen molar-refractivity contribution in [3.8, 4) is 11.5 Å². The van der Waals surface area contributed by atoms with E-state index in [9.17, 15) is 9.59 Å². The Balaban J connectivity index is 1.74. The van der Waals surface area contributed by atoms with Crippen LogP contribution in [0.1, 0.15) is 26.2 Å². The molecule has 2 amide bonds. The first-order chi connectivity index (χ1) is 11.1. The van der Waals surface area contributed by atoms with Gasteiger partial charge < -0.3 is 19.7 Å². The number of nitrogens with zero attached hydrogens (tertiary/aromatic N) is 1. The lowest BCUT2D eigenvalue weighted by molar-refractivity contribution is -0.132. The Morgan fingerprint density at radius 1 is 1.22 bits per heavy atom. The molecular formula is C17H24N2O4. The van der Waals surface area contributed by atoms with Crippen LogP contribution in [0.4, 0.5) is 0 Å². The van der Waals surface area contributed by atoms with Crippen molar-refractivity contribution in [3.63, 3.8) is 0 Å². The number of carbonyl (C=O) groups excluding carboxylic acids is 2. The lowest BCUT2D eigenvalue weighted by Crippen LogP contribution is -2.47. The Hall–Kier alpha value is -2.24. The fraction of sp³-hybridized carbons (Fsp3) is 0.529. The SMILES string of the molecule is CCC(=O)N1CCC(NC(=O)COc2ccccc2OC)CC1. The molecule has 0 aromatic heterocycles. The standard InChI is InChI=1S/C17H24N2O4/c1-3-17(21)19-10-8-13(9-11-19)18-16(20)12-23-15-7-5-4-6-14(15)22-2/h4-7,13H,3,8-12H2,1-2H3,(H,18,20). The summed E-state index contributed by atoms with van der Waals surface area (Å²) in [6.07, 6.45) is 2.10. The van der Waals surface area contributed by atoms with Gasteiger partial charge in [0.05, 0.1) is 7.11 Å². The van der Waals surface area contributed by atoms with Crippen molar-refractivity contribution in [2.45, 2.75) is 32.2 Å². The third-order valence-corrected chi connectivity index (χ3v) is 3.94. The summed E-state index contributed by atoms with van der Waals surface area (Å²) in [5.74, 6) is 1.17. The van der Waals surface area contributed by atoms with Crippen LogP contribution in [0.5, 0.6) is 11.5 Å². The highest BCUT2D eigenvalue weighted by Gasteiger charge is 2.23. The highest BCUT2D eigenvalue weighted by atomic mass is 16.5. The van der Waals surface area contributed by atoms with Gasteiger partial charge in [-0.3, -0.25) is 9.59 Å². The highest BCUT2D eigenvalue weighted by Crippen LogP contribution is 2.25. The summed E-state index contributed by atoms with van der Waals surface area (Å²) < 4.78 is 10.7. The number of piperidine rings is 1. The number of amides is 2. The highest BCUT2D eigenvalue weighted by molar-refractivity contribution is 5.78. The summed E-state index contributed by atoms with van der Waals surface area (Å²) in [5.41, 5.74) is 0. The normalized spacial score (nSPS) is 15.1. The van der Waals surface area contributed by atoms with Gasteiger partial charge >= 0.3 is 0 Å². The third kappa shape index (κ3) is 4.87. The molecule has 1 aliphatic heterocycles. The molecule has 6 heteroatoms. The second-order valence-corrected chi connectivity index (χ2v) is 5.52. The van der Waals surface area contributed by atoms with Gasteiger partial charge in [-0.05, 0) is 25.0 Å². The molecule has 1 N–H and O–H groups in total. The van der Waals surface area contributed by atoms with Crippen LogP contribution in [0.3, 0.4) is 0 Å². The van der Waals surface area contributed by atoms with E-state index in [-0.39, 0.29) is 24.5 Å². The Labute approximate surface area is 136 Å². The van der Waals surface area contributed by atoms with Crippen molar-refractivity contribution in [2.75, 3.05) is 26.8 Å². The largest absolute Gasteiger partial charge is 0.493 e. The monoisotopic (exact) mass is 320 g/mol. The van der Waals surface area contributed by atoms with Crippen LogP contribution in [-0.2, 0) is 9.59 Å². The van der Waals surface area contributed by atoms with Crippen LogP contribution in [0, 0.1) is 0 Å². The zero-order chi connectivity index (χ0) is 16.7. The van der Waals surface area contributed by atoms with Gasteiger partial charge in [-0.25, -0.2) is 0 Å². The van der Waals surface area contributed by atoms with Crippen LogP contribution in [0.15, 0.2) is 24.3 Å². The van der Waals surface area contributed by atoms with Crippen molar-refractivity contribution >= 4 is 11.8 Å². The molecule has 0 spiro atoms. The summed E-state index contributed by atoms with van der Waals surface area (Å²) >= 11 is 0. The fourth-order valence-corrected chi connectivity index (χ4v) is 2.65.